The largest absolute Gasteiger partial charge is 0.444 e. The molecule has 1 N–H and O–H groups in total. The Morgan fingerprint density at radius 2 is 1.88 bits per heavy atom. The Kier molecular flexibility index (Phi) is 4.09. The van der Waals surface area contributed by atoms with Gasteiger partial charge in [-0.2, -0.15) is 0 Å². The van der Waals surface area contributed by atoms with Gasteiger partial charge in [-0.25, -0.2) is 14.2 Å². The maximum atomic E-state index is 13.0. The monoisotopic (exact) mass is 331 g/mol. The van der Waals surface area contributed by atoms with E-state index in [1.165, 1.54) is 18.4 Å². The Hall–Kier alpha value is -2.70. The van der Waals surface area contributed by atoms with E-state index in [9.17, 15) is 14.0 Å². The number of nitrogens with one attached hydrogen (secondary N) is 1. The van der Waals surface area contributed by atoms with Crippen LogP contribution in [-0.4, -0.2) is 27.4 Å². The summed E-state index contributed by atoms with van der Waals surface area (Å²) in [4.78, 5) is 30.1. The number of aromatic nitrogens is 1. The smallest absolute Gasteiger partial charge is 0.325 e. The minimum absolute atomic E-state index is 0.0388. The summed E-state index contributed by atoms with van der Waals surface area (Å²) in [7, 11) is 0. The topological polar surface area (TPSA) is 75.4 Å². The summed E-state index contributed by atoms with van der Waals surface area (Å²) in [5.74, 6) is -0.279. The van der Waals surface area contributed by atoms with Crippen molar-refractivity contribution in [1.29, 1.82) is 0 Å². The molecule has 7 heteroatoms. The second-order valence-electron chi connectivity index (χ2n) is 5.76. The first-order valence-electron chi connectivity index (χ1n) is 7.83. The number of hydrogen-bond donors (Lipinski definition) is 1. The highest BCUT2D eigenvalue weighted by Crippen LogP contribution is 2.27. The third-order valence-electron chi connectivity index (χ3n) is 4.42. The molecule has 3 amide bonds. The fourth-order valence-corrected chi connectivity index (χ4v) is 2.82. The summed E-state index contributed by atoms with van der Waals surface area (Å²) in [6, 6.07) is 5.31. The number of amides is 3. The predicted molar refractivity (Wildman–Crippen MR) is 84.3 cm³/mol. The summed E-state index contributed by atoms with van der Waals surface area (Å²) in [6.45, 7) is 3.78. The molecule has 0 bridgehead atoms. The van der Waals surface area contributed by atoms with Crippen molar-refractivity contribution >= 4 is 11.9 Å². The molecular weight excluding hydrogens is 313 g/mol. The molecule has 1 fully saturated rings. The van der Waals surface area contributed by atoms with Gasteiger partial charge in [-0.05, 0) is 37.1 Å². The van der Waals surface area contributed by atoms with E-state index >= 15 is 0 Å². The van der Waals surface area contributed by atoms with Gasteiger partial charge in [0.15, 0.2) is 0 Å². The first-order valence-corrected chi connectivity index (χ1v) is 7.83. The van der Waals surface area contributed by atoms with Crippen molar-refractivity contribution in [2.24, 2.45) is 0 Å². The molecule has 126 valence electrons. The number of hydrogen-bond acceptors (Lipinski definition) is 4. The Balaban J connectivity index is 1.79. The van der Waals surface area contributed by atoms with Gasteiger partial charge in [0.25, 0.3) is 5.91 Å². The molecule has 1 aliphatic heterocycles. The molecule has 1 saturated heterocycles. The van der Waals surface area contributed by atoms with E-state index in [4.69, 9.17) is 4.42 Å². The molecule has 3 rings (SSSR count). The second-order valence-corrected chi connectivity index (χ2v) is 5.76. The molecule has 2 aromatic rings. The molecule has 24 heavy (non-hydrogen) atoms. The number of benzene rings is 1. The number of rotatable bonds is 5. The van der Waals surface area contributed by atoms with Crippen LogP contribution in [0.1, 0.15) is 32.4 Å². The predicted octanol–water partition coefficient (Wildman–Crippen LogP) is 3.09. The van der Waals surface area contributed by atoms with Crippen LogP contribution in [0.2, 0.25) is 0 Å². The van der Waals surface area contributed by atoms with Crippen molar-refractivity contribution in [2.75, 3.05) is 0 Å². The van der Waals surface area contributed by atoms with Gasteiger partial charge in [-0.3, -0.25) is 9.69 Å². The first-order chi connectivity index (χ1) is 11.5. The lowest BCUT2D eigenvalue weighted by Crippen LogP contribution is -2.45. The maximum absolute atomic E-state index is 13.0. The summed E-state index contributed by atoms with van der Waals surface area (Å²) in [5, 5.41) is 2.77. The van der Waals surface area contributed by atoms with Crippen molar-refractivity contribution in [3.8, 4) is 11.5 Å². The minimum Gasteiger partial charge on any atom is -0.444 e. The van der Waals surface area contributed by atoms with Crippen LogP contribution in [0, 0.1) is 5.82 Å². The molecule has 0 spiro atoms. The van der Waals surface area contributed by atoms with Gasteiger partial charge in [-0.1, -0.05) is 13.8 Å². The van der Waals surface area contributed by atoms with Crippen LogP contribution in [-0.2, 0) is 11.3 Å². The van der Waals surface area contributed by atoms with E-state index in [0.717, 1.165) is 4.90 Å². The number of nitrogens with zero attached hydrogens (tertiary/aromatic N) is 2. The van der Waals surface area contributed by atoms with Gasteiger partial charge in [0.05, 0.1) is 12.2 Å². The summed E-state index contributed by atoms with van der Waals surface area (Å²) in [5.41, 5.74) is 0.248. The van der Waals surface area contributed by atoms with Crippen LogP contribution in [0.5, 0.6) is 0 Å². The zero-order chi connectivity index (χ0) is 17.3. The average Bonchev–Trinajstić information content (AvgIpc) is 3.14. The zero-order valence-corrected chi connectivity index (χ0v) is 13.5. The summed E-state index contributed by atoms with van der Waals surface area (Å²) < 4.78 is 18.3. The fraction of sp³-hybridized carbons (Fsp3) is 0.353. The lowest BCUT2D eigenvalue weighted by atomic mass is 9.93. The summed E-state index contributed by atoms with van der Waals surface area (Å²) >= 11 is 0. The van der Waals surface area contributed by atoms with Crippen molar-refractivity contribution in [1.82, 2.24) is 15.2 Å². The normalized spacial score (nSPS) is 16.5. The van der Waals surface area contributed by atoms with Crippen molar-refractivity contribution in [3.05, 3.63) is 42.0 Å². The highest BCUT2D eigenvalue weighted by Gasteiger charge is 2.48. The van der Waals surface area contributed by atoms with E-state index in [1.54, 1.807) is 12.1 Å². The second kappa shape index (κ2) is 6.07. The quantitative estimate of drug-likeness (QED) is 0.854. The highest BCUT2D eigenvalue weighted by atomic mass is 19.1. The van der Waals surface area contributed by atoms with E-state index in [-0.39, 0.29) is 18.3 Å². The SMILES string of the molecule is CCC1(CC)NC(=O)N(Cc2coc(-c3ccc(F)cc3)n2)C1=O. The molecule has 0 saturated carbocycles. The third-order valence-corrected chi connectivity index (χ3v) is 4.42. The number of oxazole rings is 1. The van der Waals surface area contributed by atoms with Crippen LogP contribution in [0.25, 0.3) is 11.5 Å². The van der Waals surface area contributed by atoms with Crippen molar-refractivity contribution in [3.63, 3.8) is 0 Å². The molecule has 1 aromatic carbocycles. The molecule has 0 unspecified atom stereocenters. The van der Waals surface area contributed by atoms with Gasteiger partial charge >= 0.3 is 6.03 Å². The fourth-order valence-electron chi connectivity index (χ4n) is 2.82. The Bertz CT molecular complexity index is 766. The molecule has 2 heterocycles. The highest BCUT2D eigenvalue weighted by molar-refractivity contribution is 6.06. The van der Waals surface area contributed by atoms with E-state index in [0.29, 0.717) is 30.0 Å². The van der Waals surface area contributed by atoms with Crippen LogP contribution < -0.4 is 5.32 Å². The van der Waals surface area contributed by atoms with Gasteiger partial charge < -0.3 is 9.73 Å². The molecule has 6 nitrogen and oxygen atoms in total. The van der Waals surface area contributed by atoms with Crippen LogP contribution in [0.4, 0.5) is 9.18 Å². The molecule has 1 aliphatic rings. The number of halogens is 1. The zero-order valence-electron chi connectivity index (χ0n) is 13.5. The number of carbonyl (C=O) groups excluding carboxylic acids is 2. The first kappa shape index (κ1) is 16.2. The summed E-state index contributed by atoms with van der Waals surface area (Å²) in [6.07, 6.45) is 2.46. The number of urea groups is 1. The lowest BCUT2D eigenvalue weighted by molar-refractivity contribution is -0.132. The standard InChI is InChI=1S/C17H18FN3O3/c1-3-17(4-2)15(22)21(16(23)20-17)9-13-10-24-14(19-13)11-5-7-12(18)8-6-11/h5-8,10H,3-4,9H2,1-2H3,(H,20,23). The van der Waals surface area contributed by atoms with Crippen molar-refractivity contribution in [2.45, 2.75) is 38.8 Å². The van der Waals surface area contributed by atoms with Gasteiger partial charge in [0.2, 0.25) is 5.89 Å². The molecular formula is C17H18FN3O3. The maximum Gasteiger partial charge on any atom is 0.325 e. The van der Waals surface area contributed by atoms with Crippen molar-refractivity contribution < 1.29 is 18.4 Å². The average molecular weight is 331 g/mol. The van der Waals surface area contributed by atoms with E-state index in [1.807, 2.05) is 13.8 Å². The Labute approximate surface area is 138 Å². The Morgan fingerprint density at radius 1 is 1.21 bits per heavy atom. The third kappa shape index (κ3) is 2.66. The lowest BCUT2D eigenvalue weighted by Gasteiger charge is -2.22. The van der Waals surface area contributed by atoms with Gasteiger partial charge in [0.1, 0.15) is 17.6 Å². The van der Waals surface area contributed by atoms with Gasteiger partial charge in [0, 0.05) is 5.56 Å². The molecule has 1 aromatic heterocycles. The number of imide groups is 1. The van der Waals surface area contributed by atoms with E-state index < -0.39 is 11.6 Å². The molecule has 0 radical (unpaired) electrons. The van der Waals surface area contributed by atoms with Crippen LogP contribution in [0.3, 0.4) is 0 Å². The Morgan fingerprint density at radius 3 is 2.46 bits per heavy atom. The number of carbonyl (C=O) groups is 2. The molecule has 0 aliphatic carbocycles. The van der Waals surface area contributed by atoms with Crippen LogP contribution in [0.15, 0.2) is 34.9 Å². The minimum atomic E-state index is -0.833. The van der Waals surface area contributed by atoms with Gasteiger partial charge in [-0.15, -0.1) is 0 Å². The molecule has 0 atom stereocenters. The van der Waals surface area contributed by atoms with Crippen LogP contribution >= 0.6 is 0 Å². The van der Waals surface area contributed by atoms with E-state index in [2.05, 4.69) is 10.3 Å².